The van der Waals surface area contributed by atoms with Gasteiger partial charge in [-0.3, -0.25) is 4.79 Å². The lowest BCUT2D eigenvalue weighted by Gasteiger charge is -2.28. The zero-order chi connectivity index (χ0) is 17.6. The van der Waals surface area contributed by atoms with Crippen LogP contribution >= 0.6 is 0 Å². The molecule has 2 unspecified atom stereocenters. The van der Waals surface area contributed by atoms with Crippen molar-refractivity contribution in [2.75, 3.05) is 31.1 Å². The van der Waals surface area contributed by atoms with Crippen LogP contribution in [0.3, 0.4) is 0 Å². The van der Waals surface area contributed by atoms with Crippen LogP contribution in [-0.4, -0.2) is 32.1 Å². The third-order valence-electron chi connectivity index (χ3n) is 5.91. The average Bonchev–Trinajstić information content (AvgIpc) is 3.17. The number of nitrogens with zero attached hydrogens (tertiary/aromatic N) is 1. The predicted molar refractivity (Wildman–Crippen MR) is 104 cm³/mol. The summed E-state index contributed by atoms with van der Waals surface area (Å²) in [5.41, 5.74) is 2.49. The highest BCUT2D eigenvalue weighted by Gasteiger charge is 2.23. The highest BCUT2D eigenvalue weighted by Crippen LogP contribution is 2.26. The largest absolute Gasteiger partial charge is 0.372 e. The highest BCUT2D eigenvalue weighted by atomic mass is 16.1. The first kappa shape index (κ1) is 18.2. The maximum Gasteiger partial charge on any atom is 0.220 e. The molecule has 0 aromatic heterocycles. The van der Waals surface area contributed by atoms with E-state index < -0.39 is 0 Å². The van der Waals surface area contributed by atoms with Crippen LogP contribution in [0, 0.1) is 11.8 Å². The Kier molecular flexibility index (Phi) is 6.35. The van der Waals surface area contributed by atoms with Crippen LogP contribution in [-0.2, 0) is 4.79 Å². The first-order chi connectivity index (χ1) is 12.1. The summed E-state index contributed by atoms with van der Waals surface area (Å²) in [5, 5.41) is 6.61. The average molecular weight is 344 g/mol. The van der Waals surface area contributed by atoms with Crippen molar-refractivity contribution in [2.24, 2.45) is 11.8 Å². The van der Waals surface area contributed by atoms with E-state index in [0.29, 0.717) is 18.3 Å². The third kappa shape index (κ3) is 4.97. The van der Waals surface area contributed by atoms with Crippen LogP contribution in [0.5, 0.6) is 0 Å². The molecule has 0 aliphatic carbocycles. The van der Waals surface area contributed by atoms with Crippen molar-refractivity contribution >= 4 is 11.6 Å². The molecular weight excluding hydrogens is 310 g/mol. The predicted octanol–water partition coefficient (Wildman–Crippen LogP) is 3.49. The summed E-state index contributed by atoms with van der Waals surface area (Å²) in [6.45, 7) is 8.81. The van der Waals surface area contributed by atoms with Gasteiger partial charge in [0, 0.05) is 25.2 Å². The van der Waals surface area contributed by atoms with E-state index in [1.54, 1.807) is 0 Å². The van der Waals surface area contributed by atoms with Gasteiger partial charge in [-0.25, -0.2) is 0 Å². The summed E-state index contributed by atoms with van der Waals surface area (Å²) in [4.78, 5) is 14.9. The molecule has 0 spiro atoms. The van der Waals surface area contributed by atoms with Gasteiger partial charge in [-0.15, -0.1) is 0 Å². The topological polar surface area (TPSA) is 44.4 Å². The molecule has 2 N–H and O–H groups in total. The van der Waals surface area contributed by atoms with E-state index in [1.165, 1.54) is 36.9 Å². The molecule has 25 heavy (non-hydrogen) atoms. The van der Waals surface area contributed by atoms with Crippen molar-refractivity contribution in [3.63, 3.8) is 0 Å². The van der Waals surface area contributed by atoms with Crippen molar-refractivity contribution in [2.45, 2.75) is 52.0 Å². The van der Waals surface area contributed by atoms with Crippen LogP contribution in [0.1, 0.15) is 57.6 Å². The number of hydrogen-bond donors (Lipinski definition) is 2. The number of anilines is 1. The normalized spacial score (nSPS) is 21.1. The van der Waals surface area contributed by atoms with Gasteiger partial charge in [0.1, 0.15) is 0 Å². The van der Waals surface area contributed by atoms with Gasteiger partial charge in [-0.1, -0.05) is 19.1 Å². The second kappa shape index (κ2) is 8.70. The molecule has 4 heteroatoms. The summed E-state index contributed by atoms with van der Waals surface area (Å²) in [7, 11) is 0. The number of amides is 1. The second-order valence-electron chi connectivity index (χ2n) is 7.85. The molecule has 138 valence electrons. The summed E-state index contributed by atoms with van der Waals surface area (Å²) >= 11 is 0. The van der Waals surface area contributed by atoms with Crippen LogP contribution in [0.15, 0.2) is 24.3 Å². The Morgan fingerprint density at radius 1 is 1.24 bits per heavy atom. The van der Waals surface area contributed by atoms with Crippen molar-refractivity contribution in [1.82, 2.24) is 10.6 Å². The van der Waals surface area contributed by atoms with Crippen LogP contribution in [0.2, 0.25) is 0 Å². The van der Waals surface area contributed by atoms with E-state index in [2.05, 4.69) is 53.6 Å². The van der Waals surface area contributed by atoms with E-state index in [4.69, 9.17) is 0 Å². The summed E-state index contributed by atoms with van der Waals surface area (Å²) in [5.74, 6) is 1.33. The molecule has 2 atom stereocenters. The molecule has 0 radical (unpaired) electrons. The fourth-order valence-electron chi connectivity index (χ4n) is 4.22. The molecule has 2 saturated heterocycles. The lowest BCUT2D eigenvalue weighted by Crippen LogP contribution is -2.34. The zero-order valence-corrected chi connectivity index (χ0v) is 15.8. The fourth-order valence-corrected chi connectivity index (χ4v) is 4.22. The minimum Gasteiger partial charge on any atom is -0.372 e. The Labute approximate surface area is 152 Å². The molecule has 3 rings (SSSR count). The summed E-state index contributed by atoms with van der Waals surface area (Å²) in [6.07, 6.45) is 5.60. The minimum atomic E-state index is 0.0651. The molecule has 0 saturated carbocycles. The standard InChI is InChI=1S/C21H33N3O/c1-16(18-8-10-22-11-9-18)14-21(25)23-17(2)19-6-5-7-20(15-19)24-12-3-4-13-24/h5-7,15-18,22H,3-4,8-14H2,1-2H3,(H,23,25). The van der Waals surface area contributed by atoms with Gasteiger partial charge in [-0.2, -0.15) is 0 Å². The van der Waals surface area contributed by atoms with Crippen LogP contribution in [0.25, 0.3) is 0 Å². The van der Waals surface area contributed by atoms with Crippen LogP contribution in [0.4, 0.5) is 5.69 Å². The van der Waals surface area contributed by atoms with E-state index in [1.807, 2.05) is 0 Å². The minimum absolute atomic E-state index is 0.0651. The summed E-state index contributed by atoms with van der Waals surface area (Å²) < 4.78 is 0. The molecule has 1 amide bonds. The molecule has 0 bridgehead atoms. The van der Waals surface area contributed by atoms with E-state index in [0.717, 1.165) is 26.2 Å². The van der Waals surface area contributed by atoms with Gasteiger partial charge < -0.3 is 15.5 Å². The lowest BCUT2D eigenvalue weighted by molar-refractivity contribution is -0.123. The smallest absolute Gasteiger partial charge is 0.220 e. The highest BCUT2D eigenvalue weighted by molar-refractivity contribution is 5.76. The Hall–Kier alpha value is -1.55. The Bertz CT molecular complexity index is 562. The van der Waals surface area contributed by atoms with Crippen molar-refractivity contribution in [3.8, 4) is 0 Å². The number of benzene rings is 1. The number of rotatable bonds is 6. The maximum atomic E-state index is 12.5. The van der Waals surface area contributed by atoms with Gasteiger partial charge in [0.2, 0.25) is 5.91 Å². The summed E-state index contributed by atoms with van der Waals surface area (Å²) in [6, 6.07) is 8.73. The van der Waals surface area contributed by atoms with Gasteiger partial charge in [0.05, 0.1) is 6.04 Å². The Balaban J connectivity index is 1.53. The Morgan fingerprint density at radius 3 is 2.68 bits per heavy atom. The molecule has 4 nitrogen and oxygen atoms in total. The molecule has 2 fully saturated rings. The lowest BCUT2D eigenvalue weighted by atomic mass is 9.84. The Morgan fingerprint density at radius 2 is 1.96 bits per heavy atom. The fraction of sp³-hybridized carbons (Fsp3) is 0.667. The number of carbonyl (C=O) groups excluding carboxylic acids is 1. The zero-order valence-electron chi connectivity index (χ0n) is 15.8. The van der Waals surface area contributed by atoms with Gasteiger partial charge >= 0.3 is 0 Å². The van der Waals surface area contributed by atoms with Crippen molar-refractivity contribution in [1.29, 1.82) is 0 Å². The molecule has 2 aliphatic heterocycles. The molecule has 1 aromatic carbocycles. The van der Waals surface area contributed by atoms with Gasteiger partial charge in [0.15, 0.2) is 0 Å². The van der Waals surface area contributed by atoms with Crippen molar-refractivity contribution in [3.05, 3.63) is 29.8 Å². The van der Waals surface area contributed by atoms with E-state index >= 15 is 0 Å². The number of piperidine rings is 1. The second-order valence-corrected chi connectivity index (χ2v) is 7.85. The van der Waals surface area contributed by atoms with E-state index in [-0.39, 0.29) is 11.9 Å². The van der Waals surface area contributed by atoms with Gasteiger partial charge in [0.25, 0.3) is 0 Å². The molecule has 1 aromatic rings. The number of nitrogens with one attached hydrogen (secondary N) is 2. The third-order valence-corrected chi connectivity index (χ3v) is 5.91. The monoisotopic (exact) mass is 343 g/mol. The van der Waals surface area contributed by atoms with Crippen molar-refractivity contribution < 1.29 is 4.79 Å². The SMILES string of the molecule is CC(NC(=O)CC(C)C1CCNCC1)c1cccc(N2CCCC2)c1. The number of carbonyl (C=O) groups is 1. The molecule has 2 aliphatic rings. The van der Waals surface area contributed by atoms with Crippen LogP contribution < -0.4 is 15.5 Å². The number of hydrogen-bond acceptors (Lipinski definition) is 3. The van der Waals surface area contributed by atoms with Gasteiger partial charge in [-0.05, 0) is 75.2 Å². The molecular formula is C21H33N3O. The first-order valence-electron chi connectivity index (χ1n) is 9.98. The molecule has 2 heterocycles. The quantitative estimate of drug-likeness (QED) is 0.831. The maximum absolute atomic E-state index is 12.5. The van der Waals surface area contributed by atoms with E-state index in [9.17, 15) is 4.79 Å². The first-order valence-corrected chi connectivity index (χ1v) is 9.98.